The van der Waals surface area contributed by atoms with Crippen molar-refractivity contribution in [3.8, 4) is 0 Å². The lowest BCUT2D eigenvalue weighted by atomic mass is 9.82. The topological polar surface area (TPSA) is 74.4 Å². The van der Waals surface area contributed by atoms with Crippen molar-refractivity contribution in [2.45, 2.75) is 39.3 Å². The molecule has 0 amide bonds. The van der Waals surface area contributed by atoms with Crippen LogP contribution >= 0.6 is 0 Å². The highest BCUT2D eigenvalue weighted by Crippen LogP contribution is 2.28. The summed E-state index contributed by atoms with van der Waals surface area (Å²) in [6.45, 7) is 6.73. The molecule has 0 unspecified atom stereocenters. The van der Waals surface area contributed by atoms with E-state index in [2.05, 4.69) is 29.4 Å². The van der Waals surface area contributed by atoms with Crippen LogP contribution in [0.5, 0.6) is 0 Å². The summed E-state index contributed by atoms with van der Waals surface area (Å²) in [7, 11) is 1.95. The van der Waals surface area contributed by atoms with Crippen LogP contribution in [0, 0.1) is 11.8 Å². The van der Waals surface area contributed by atoms with Crippen LogP contribution in [0.4, 0.5) is 6.01 Å². The molecule has 0 aliphatic heterocycles. The van der Waals surface area contributed by atoms with Gasteiger partial charge in [-0.05, 0) is 31.2 Å². The average molecular weight is 268 g/mol. The van der Waals surface area contributed by atoms with Gasteiger partial charge in [-0.15, -0.1) is 5.10 Å². The minimum atomic E-state index is -0.114. The van der Waals surface area contributed by atoms with Crippen molar-refractivity contribution in [1.29, 1.82) is 0 Å². The molecule has 1 heterocycles. The second kappa shape index (κ2) is 6.34. The number of aliphatic hydroxyl groups is 1. The van der Waals surface area contributed by atoms with Crippen LogP contribution in [0.2, 0.25) is 0 Å². The lowest BCUT2D eigenvalue weighted by Gasteiger charge is -2.33. The molecule has 1 aromatic rings. The molecular weight excluding hydrogens is 244 g/mol. The SMILES string of the molecule is CC(C)CNCc1nnc(N(C)CC2CC(O)C2)o1. The van der Waals surface area contributed by atoms with E-state index in [1.165, 1.54) is 0 Å². The molecule has 1 aliphatic rings. The fraction of sp³-hybridized carbons (Fsp3) is 0.846. The summed E-state index contributed by atoms with van der Waals surface area (Å²) in [5, 5.41) is 20.6. The van der Waals surface area contributed by atoms with Crippen LogP contribution in [-0.4, -0.2) is 41.5 Å². The third-order valence-corrected chi connectivity index (χ3v) is 3.35. The number of aliphatic hydroxyl groups excluding tert-OH is 1. The summed E-state index contributed by atoms with van der Waals surface area (Å²) >= 11 is 0. The second-order valence-corrected chi connectivity index (χ2v) is 5.87. The highest BCUT2D eigenvalue weighted by atomic mass is 16.4. The Morgan fingerprint density at radius 3 is 2.79 bits per heavy atom. The molecule has 6 heteroatoms. The first kappa shape index (κ1) is 14.3. The number of hydrogen-bond acceptors (Lipinski definition) is 6. The van der Waals surface area contributed by atoms with Crippen molar-refractivity contribution in [1.82, 2.24) is 15.5 Å². The summed E-state index contributed by atoms with van der Waals surface area (Å²) in [6.07, 6.45) is 1.64. The van der Waals surface area contributed by atoms with Crippen molar-refractivity contribution in [3.63, 3.8) is 0 Å². The number of hydrogen-bond donors (Lipinski definition) is 2. The Kier molecular flexibility index (Phi) is 4.76. The van der Waals surface area contributed by atoms with Gasteiger partial charge in [0.25, 0.3) is 0 Å². The molecule has 19 heavy (non-hydrogen) atoms. The number of nitrogens with one attached hydrogen (secondary N) is 1. The first-order valence-electron chi connectivity index (χ1n) is 6.97. The number of aromatic nitrogens is 2. The molecule has 1 aliphatic carbocycles. The molecule has 0 aromatic carbocycles. The zero-order valence-corrected chi connectivity index (χ0v) is 12.0. The van der Waals surface area contributed by atoms with Gasteiger partial charge in [-0.3, -0.25) is 0 Å². The van der Waals surface area contributed by atoms with E-state index < -0.39 is 0 Å². The molecule has 2 rings (SSSR count). The molecule has 1 fully saturated rings. The zero-order valence-electron chi connectivity index (χ0n) is 12.0. The number of anilines is 1. The molecule has 0 saturated heterocycles. The first-order valence-corrected chi connectivity index (χ1v) is 6.97. The molecule has 1 saturated carbocycles. The van der Waals surface area contributed by atoms with Gasteiger partial charge in [-0.2, -0.15) is 0 Å². The highest BCUT2D eigenvalue weighted by Gasteiger charge is 2.29. The van der Waals surface area contributed by atoms with E-state index in [9.17, 15) is 5.11 Å². The molecule has 0 bridgehead atoms. The largest absolute Gasteiger partial charge is 0.407 e. The third-order valence-electron chi connectivity index (χ3n) is 3.35. The summed E-state index contributed by atoms with van der Waals surface area (Å²) in [5.41, 5.74) is 0. The van der Waals surface area contributed by atoms with Crippen LogP contribution in [0.15, 0.2) is 4.42 Å². The summed E-state index contributed by atoms with van der Waals surface area (Å²) in [5.74, 6) is 1.76. The van der Waals surface area contributed by atoms with E-state index in [4.69, 9.17) is 4.42 Å². The van der Waals surface area contributed by atoms with E-state index >= 15 is 0 Å². The van der Waals surface area contributed by atoms with Crippen molar-refractivity contribution in [3.05, 3.63) is 5.89 Å². The van der Waals surface area contributed by atoms with Gasteiger partial charge in [-0.25, -0.2) is 0 Å². The van der Waals surface area contributed by atoms with Gasteiger partial charge in [0, 0.05) is 13.6 Å². The van der Waals surface area contributed by atoms with Crippen LogP contribution in [-0.2, 0) is 6.54 Å². The van der Waals surface area contributed by atoms with Gasteiger partial charge < -0.3 is 19.7 Å². The standard InChI is InChI=1S/C13H24N4O2/c1-9(2)6-14-7-12-15-16-13(19-12)17(3)8-10-4-11(18)5-10/h9-11,14,18H,4-8H2,1-3H3. The maximum Gasteiger partial charge on any atom is 0.317 e. The van der Waals surface area contributed by atoms with Crippen LogP contribution in [0.3, 0.4) is 0 Å². The fourth-order valence-corrected chi connectivity index (χ4v) is 2.25. The van der Waals surface area contributed by atoms with E-state index in [1.807, 2.05) is 11.9 Å². The van der Waals surface area contributed by atoms with Gasteiger partial charge in [0.15, 0.2) is 0 Å². The smallest absolute Gasteiger partial charge is 0.317 e. The monoisotopic (exact) mass is 268 g/mol. The summed E-state index contributed by atoms with van der Waals surface area (Å²) in [6, 6.07) is 0.558. The summed E-state index contributed by atoms with van der Waals surface area (Å²) in [4.78, 5) is 1.97. The van der Waals surface area contributed by atoms with Gasteiger partial charge in [-0.1, -0.05) is 18.9 Å². The van der Waals surface area contributed by atoms with E-state index in [0.717, 1.165) is 25.9 Å². The fourth-order valence-electron chi connectivity index (χ4n) is 2.25. The average Bonchev–Trinajstić information content (AvgIpc) is 2.75. The molecule has 0 spiro atoms. The van der Waals surface area contributed by atoms with Crippen molar-refractivity contribution >= 4 is 6.01 Å². The maximum absolute atomic E-state index is 9.27. The van der Waals surface area contributed by atoms with Gasteiger partial charge in [0.05, 0.1) is 12.6 Å². The molecular formula is C13H24N4O2. The van der Waals surface area contributed by atoms with Crippen molar-refractivity contribution in [2.24, 2.45) is 11.8 Å². The van der Waals surface area contributed by atoms with E-state index in [0.29, 0.717) is 30.3 Å². The molecule has 0 radical (unpaired) electrons. The van der Waals surface area contributed by atoms with Crippen LogP contribution < -0.4 is 10.2 Å². The Morgan fingerprint density at radius 2 is 2.16 bits per heavy atom. The lowest BCUT2D eigenvalue weighted by Crippen LogP contribution is -2.37. The number of nitrogens with zero attached hydrogens (tertiary/aromatic N) is 3. The molecule has 6 nitrogen and oxygen atoms in total. The zero-order chi connectivity index (χ0) is 13.8. The molecule has 1 aromatic heterocycles. The lowest BCUT2D eigenvalue weighted by molar-refractivity contribution is 0.0461. The minimum absolute atomic E-state index is 0.114. The Morgan fingerprint density at radius 1 is 1.42 bits per heavy atom. The molecule has 108 valence electrons. The number of rotatable bonds is 7. The van der Waals surface area contributed by atoms with Crippen molar-refractivity contribution < 1.29 is 9.52 Å². The Bertz CT molecular complexity index is 388. The quantitative estimate of drug-likeness (QED) is 0.769. The third kappa shape index (κ3) is 4.18. The van der Waals surface area contributed by atoms with Crippen molar-refractivity contribution in [2.75, 3.05) is 25.0 Å². The highest BCUT2D eigenvalue weighted by molar-refractivity contribution is 5.22. The van der Waals surface area contributed by atoms with E-state index in [-0.39, 0.29) is 6.10 Å². The minimum Gasteiger partial charge on any atom is -0.407 e. The predicted molar refractivity (Wildman–Crippen MR) is 72.8 cm³/mol. The first-order chi connectivity index (χ1) is 9.04. The van der Waals surface area contributed by atoms with Gasteiger partial charge >= 0.3 is 6.01 Å². The second-order valence-electron chi connectivity index (χ2n) is 5.87. The van der Waals surface area contributed by atoms with Crippen LogP contribution in [0.1, 0.15) is 32.6 Å². The van der Waals surface area contributed by atoms with E-state index in [1.54, 1.807) is 0 Å². The Balaban J connectivity index is 1.76. The Hall–Kier alpha value is -1.14. The van der Waals surface area contributed by atoms with Crippen LogP contribution in [0.25, 0.3) is 0 Å². The summed E-state index contributed by atoms with van der Waals surface area (Å²) < 4.78 is 5.60. The maximum atomic E-state index is 9.27. The predicted octanol–water partition coefficient (Wildman–Crippen LogP) is 1.02. The van der Waals surface area contributed by atoms with Gasteiger partial charge in [0.1, 0.15) is 0 Å². The Labute approximate surface area is 114 Å². The van der Waals surface area contributed by atoms with Gasteiger partial charge in [0.2, 0.25) is 5.89 Å². The molecule has 0 atom stereocenters. The normalized spacial score (nSPS) is 22.6. The molecule has 2 N–H and O–H groups in total.